The lowest BCUT2D eigenvalue weighted by Crippen LogP contribution is -2.38. The first-order valence-corrected chi connectivity index (χ1v) is 11.9. The van der Waals surface area contributed by atoms with Gasteiger partial charge in [0.25, 0.3) is 5.91 Å². The van der Waals surface area contributed by atoms with Crippen LogP contribution < -0.4 is 0 Å². The van der Waals surface area contributed by atoms with Gasteiger partial charge in [0.15, 0.2) is 6.61 Å². The molecule has 6 nitrogen and oxygen atoms in total. The van der Waals surface area contributed by atoms with Gasteiger partial charge < -0.3 is 14.4 Å². The van der Waals surface area contributed by atoms with Crippen LogP contribution in [0.2, 0.25) is 0 Å². The number of amides is 1. The monoisotopic (exact) mass is 479 g/mol. The van der Waals surface area contributed by atoms with Gasteiger partial charge in [-0.2, -0.15) is 0 Å². The molecule has 1 saturated heterocycles. The summed E-state index contributed by atoms with van der Waals surface area (Å²) in [5.74, 6) is -1.66. The molecule has 0 atom stereocenters. The van der Waals surface area contributed by atoms with E-state index >= 15 is 0 Å². The molecule has 2 aromatic carbocycles. The summed E-state index contributed by atoms with van der Waals surface area (Å²) in [4.78, 5) is 39.1. The lowest BCUT2D eigenvalue weighted by atomic mass is 10.0. The highest BCUT2D eigenvalue weighted by Crippen LogP contribution is 2.34. The summed E-state index contributed by atoms with van der Waals surface area (Å²) < 4.78 is 9.33. The molecule has 0 saturated carbocycles. The largest absolute Gasteiger partial charge is 0.466 e. The fourth-order valence-electron chi connectivity index (χ4n) is 3.61. The molecule has 2 aromatic rings. The third-order valence-electron chi connectivity index (χ3n) is 5.48. The van der Waals surface area contributed by atoms with Crippen LogP contribution in [0.4, 0.5) is 0 Å². The molecule has 0 radical (unpaired) electrons. The summed E-state index contributed by atoms with van der Waals surface area (Å²) in [6.07, 6.45) is 5.67. The van der Waals surface area contributed by atoms with Gasteiger partial charge in [0, 0.05) is 35.0 Å². The first-order valence-electron chi connectivity index (χ1n) is 11.1. The molecule has 1 fully saturated rings. The number of benzene rings is 2. The first kappa shape index (κ1) is 25.3. The standard InChI is InChI=1S/C27H29NO5S/c1-19-8-9-23(20(2)16-19)34-24-7-5-4-6-22(24)17-21-12-14-28(15-13-21)25(29)18-33-27(31)11-10-26(30)32-3/h4-11,16-17H,12-15,18H2,1-3H3/b11-10+. The number of hydrogen-bond donors (Lipinski definition) is 0. The van der Waals surface area contributed by atoms with Crippen LogP contribution in [-0.4, -0.2) is 49.6 Å². The minimum atomic E-state index is -0.755. The normalized spacial score (nSPS) is 13.6. The maximum absolute atomic E-state index is 12.4. The molecule has 3 rings (SSSR count). The van der Waals surface area contributed by atoms with Gasteiger partial charge in [0.05, 0.1) is 7.11 Å². The van der Waals surface area contributed by atoms with E-state index in [9.17, 15) is 14.4 Å². The number of piperidine rings is 1. The molecular weight excluding hydrogens is 450 g/mol. The number of esters is 2. The zero-order valence-electron chi connectivity index (χ0n) is 19.7. The average Bonchev–Trinajstić information content (AvgIpc) is 2.84. The number of ether oxygens (including phenoxy) is 2. The predicted octanol–water partition coefficient (Wildman–Crippen LogP) is 4.73. The van der Waals surface area contributed by atoms with E-state index in [0.29, 0.717) is 13.1 Å². The second kappa shape index (κ2) is 12.2. The van der Waals surface area contributed by atoms with Gasteiger partial charge in [-0.15, -0.1) is 0 Å². The van der Waals surface area contributed by atoms with Crippen molar-refractivity contribution >= 4 is 35.7 Å². The van der Waals surface area contributed by atoms with Gasteiger partial charge in [-0.1, -0.05) is 59.3 Å². The number of carbonyl (C=O) groups excluding carboxylic acids is 3. The second-order valence-corrected chi connectivity index (χ2v) is 9.14. The second-order valence-electron chi connectivity index (χ2n) is 8.06. The van der Waals surface area contributed by atoms with Crippen molar-refractivity contribution in [1.29, 1.82) is 0 Å². The topological polar surface area (TPSA) is 72.9 Å². The Morgan fingerprint density at radius 3 is 2.38 bits per heavy atom. The van der Waals surface area contributed by atoms with Crippen LogP contribution in [0.1, 0.15) is 29.5 Å². The Hall–Kier alpha value is -3.32. The van der Waals surface area contributed by atoms with E-state index in [0.717, 1.165) is 25.0 Å². The van der Waals surface area contributed by atoms with E-state index < -0.39 is 11.9 Å². The van der Waals surface area contributed by atoms with Crippen molar-refractivity contribution in [3.05, 3.63) is 76.9 Å². The number of likely N-dealkylation sites (tertiary alicyclic amines) is 1. The maximum atomic E-state index is 12.4. The van der Waals surface area contributed by atoms with E-state index in [1.165, 1.54) is 39.2 Å². The molecule has 0 aliphatic carbocycles. The lowest BCUT2D eigenvalue weighted by Gasteiger charge is -2.28. The Labute approximate surface area is 204 Å². The number of carbonyl (C=O) groups is 3. The Morgan fingerprint density at radius 2 is 1.68 bits per heavy atom. The Kier molecular flexibility index (Phi) is 9.10. The Bertz CT molecular complexity index is 1110. The molecule has 0 unspecified atom stereocenters. The van der Waals surface area contributed by atoms with Gasteiger partial charge in [-0.25, -0.2) is 9.59 Å². The van der Waals surface area contributed by atoms with Crippen LogP contribution in [0.3, 0.4) is 0 Å². The van der Waals surface area contributed by atoms with E-state index in [1.54, 1.807) is 16.7 Å². The number of hydrogen-bond acceptors (Lipinski definition) is 6. The van der Waals surface area contributed by atoms with Gasteiger partial charge in [-0.3, -0.25) is 4.79 Å². The summed E-state index contributed by atoms with van der Waals surface area (Å²) in [5, 5.41) is 0. The lowest BCUT2D eigenvalue weighted by molar-refractivity contribution is -0.148. The SMILES string of the molecule is COC(=O)/C=C/C(=O)OCC(=O)N1CCC(=Cc2ccccc2Sc2ccc(C)cc2C)CC1. The summed E-state index contributed by atoms with van der Waals surface area (Å²) in [7, 11) is 1.21. The summed E-state index contributed by atoms with van der Waals surface area (Å²) in [5.41, 5.74) is 4.98. The van der Waals surface area contributed by atoms with Crippen LogP contribution >= 0.6 is 11.8 Å². The van der Waals surface area contributed by atoms with Crippen LogP contribution in [0, 0.1) is 13.8 Å². The smallest absolute Gasteiger partial charge is 0.331 e. The van der Waals surface area contributed by atoms with Gasteiger partial charge >= 0.3 is 11.9 Å². The Morgan fingerprint density at radius 1 is 0.971 bits per heavy atom. The fourth-order valence-corrected chi connectivity index (χ4v) is 4.59. The third-order valence-corrected chi connectivity index (χ3v) is 6.75. The van der Waals surface area contributed by atoms with Crippen LogP contribution in [0.5, 0.6) is 0 Å². The number of rotatable bonds is 7. The number of nitrogens with zero attached hydrogens (tertiary/aromatic N) is 1. The molecule has 178 valence electrons. The zero-order valence-corrected chi connectivity index (χ0v) is 20.5. The quantitative estimate of drug-likeness (QED) is 0.422. The fraction of sp³-hybridized carbons (Fsp3) is 0.296. The van der Waals surface area contributed by atoms with Crippen molar-refractivity contribution in [2.45, 2.75) is 36.5 Å². The van der Waals surface area contributed by atoms with E-state index in [1.807, 2.05) is 6.07 Å². The predicted molar refractivity (Wildman–Crippen MR) is 132 cm³/mol. The van der Waals surface area contributed by atoms with Gasteiger partial charge in [0.2, 0.25) is 0 Å². The van der Waals surface area contributed by atoms with Crippen molar-refractivity contribution < 1.29 is 23.9 Å². The molecule has 0 spiro atoms. The highest BCUT2D eigenvalue weighted by atomic mass is 32.2. The molecule has 0 bridgehead atoms. The molecule has 0 aromatic heterocycles. The van der Waals surface area contributed by atoms with E-state index in [4.69, 9.17) is 4.74 Å². The molecule has 1 aliphatic rings. The third kappa shape index (κ3) is 7.35. The molecule has 7 heteroatoms. The molecular formula is C27H29NO5S. The first-order chi connectivity index (χ1) is 16.4. The van der Waals surface area contributed by atoms with Gasteiger partial charge in [-0.05, 0) is 49.9 Å². The molecule has 0 N–H and O–H groups in total. The minimum absolute atomic E-state index is 0.246. The Balaban J connectivity index is 1.56. The van der Waals surface area contributed by atoms with Crippen molar-refractivity contribution in [2.75, 3.05) is 26.8 Å². The zero-order chi connectivity index (χ0) is 24.5. The molecule has 1 amide bonds. The van der Waals surface area contributed by atoms with E-state index in [-0.39, 0.29) is 12.5 Å². The summed E-state index contributed by atoms with van der Waals surface area (Å²) >= 11 is 1.77. The summed E-state index contributed by atoms with van der Waals surface area (Å²) in [6, 6.07) is 14.9. The number of aryl methyl sites for hydroxylation is 2. The van der Waals surface area contributed by atoms with Crippen LogP contribution in [-0.2, 0) is 23.9 Å². The molecule has 1 heterocycles. The average molecular weight is 480 g/mol. The van der Waals surface area contributed by atoms with Crippen molar-refractivity contribution in [3.8, 4) is 0 Å². The van der Waals surface area contributed by atoms with Crippen molar-refractivity contribution in [3.63, 3.8) is 0 Å². The van der Waals surface area contributed by atoms with Crippen LogP contribution in [0.15, 0.2) is 70.0 Å². The van der Waals surface area contributed by atoms with Crippen molar-refractivity contribution in [2.24, 2.45) is 0 Å². The van der Waals surface area contributed by atoms with Crippen molar-refractivity contribution in [1.82, 2.24) is 4.90 Å². The molecule has 34 heavy (non-hydrogen) atoms. The van der Waals surface area contributed by atoms with E-state index in [2.05, 4.69) is 61.1 Å². The van der Waals surface area contributed by atoms with Gasteiger partial charge in [0.1, 0.15) is 0 Å². The number of methoxy groups -OCH3 is 1. The maximum Gasteiger partial charge on any atom is 0.331 e. The minimum Gasteiger partial charge on any atom is -0.466 e. The van der Waals surface area contributed by atoms with Crippen LogP contribution in [0.25, 0.3) is 6.08 Å². The highest BCUT2D eigenvalue weighted by Gasteiger charge is 2.20. The molecule has 1 aliphatic heterocycles. The highest BCUT2D eigenvalue weighted by molar-refractivity contribution is 7.99. The summed E-state index contributed by atoms with van der Waals surface area (Å²) in [6.45, 7) is 5.04.